The van der Waals surface area contributed by atoms with Crippen LogP contribution in [0.25, 0.3) is 6.08 Å². The topological polar surface area (TPSA) is 49.4 Å². The van der Waals surface area contributed by atoms with Crippen molar-refractivity contribution in [3.8, 4) is 0 Å². The fourth-order valence-electron chi connectivity index (χ4n) is 2.52. The second kappa shape index (κ2) is 8.92. The molecule has 2 aromatic carbocycles. The van der Waals surface area contributed by atoms with Crippen LogP contribution in [0.5, 0.6) is 0 Å². The molecule has 27 heavy (non-hydrogen) atoms. The number of thioether (sulfide) groups is 1. The van der Waals surface area contributed by atoms with E-state index in [1.807, 2.05) is 30.3 Å². The van der Waals surface area contributed by atoms with Crippen LogP contribution in [-0.2, 0) is 16.1 Å². The Morgan fingerprint density at radius 2 is 1.85 bits per heavy atom. The van der Waals surface area contributed by atoms with Crippen LogP contribution >= 0.6 is 24.0 Å². The van der Waals surface area contributed by atoms with Crippen molar-refractivity contribution >= 4 is 46.2 Å². The number of carbonyl (C=O) groups excluding carboxylic acids is 2. The van der Waals surface area contributed by atoms with Crippen molar-refractivity contribution in [3.63, 3.8) is 0 Å². The molecule has 0 aliphatic carbocycles. The monoisotopic (exact) mass is 400 g/mol. The zero-order valence-corrected chi connectivity index (χ0v) is 16.0. The molecule has 0 bridgehead atoms. The molecule has 0 radical (unpaired) electrons. The molecule has 7 heteroatoms. The van der Waals surface area contributed by atoms with E-state index < -0.39 is 5.82 Å². The Kier molecular flexibility index (Phi) is 6.36. The summed E-state index contributed by atoms with van der Waals surface area (Å²) in [4.78, 5) is 26.3. The van der Waals surface area contributed by atoms with Crippen LogP contribution in [0.2, 0.25) is 0 Å². The standard InChI is InChI=1S/C20H17FN2O2S2/c21-16-9-5-4-8-15(16)12-17-19(25)23(20(26)27-17)11-10-18(24)22-13-14-6-2-1-3-7-14/h1-9,12H,10-11,13H2,(H,22,24)/b17-12-. The summed E-state index contributed by atoms with van der Waals surface area (Å²) in [5, 5.41) is 2.82. The van der Waals surface area contributed by atoms with Crippen molar-refractivity contribution in [2.24, 2.45) is 0 Å². The molecule has 1 fully saturated rings. The molecule has 1 heterocycles. The highest BCUT2D eigenvalue weighted by atomic mass is 32.2. The second-order valence-corrected chi connectivity index (χ2v) is 7.54. The van der Waals surface area contributed by atoms with E-state index in [-0.39, 0.29) is 24.8 Å². The van der Waals surface area contributed by atoms with Crippen molar-refractivity contribution in [2.75, 3.05) is 6.54 Å². The van der Waals surface area contributed by atoms with Gasteiger partial charge < -0.3 is 5.32 Å². The summed E-state index contributed by atoms with van der Waals surface area (Å²) in [7, 11) is 0. The highest BCUT2D eigenvalue weighted by Crippen LogP contribution is 2.32. The van der Waals surface area contributed by atoms with Gasteiger partial charge in [-0.05, 0) is 17.7 Å². The number of nitrogens with one attached hydrogen (secondary N) is 1. The molecule has 0 atom stereocenters. The number of hydrogen-bond acceptors (Lipinski definition) is 4. The normalized spacial score (nSPS) is 15.4. The lowest BCUT2D eigenvalue weighted by Crippen LogP contribution is -2.33. The molecule has 0 spiro atoms. The van der Waals surface area contributed by atoms with Gasteiger partial charge in [-0.2, -0.15) is 0 Å². The van der Waals surface area contributed by atoms with Crippen LogP contribution in [0.4, 0.5) is 4.39 Å². The quantitative estimate of drug-likeness (QED) is 0.593. The van der Waals surface area contributed by atoms with E-state index in [2.05, 4.69) is 5.32 Å². The lowest BCUT2D eigenvalue weighted by atomic mass is 10.2. The first-order chi connectivity index (χ1) is 13.0. The van der Waals surface area contributed by atoms with Crippen molar-refractivity contribution in [1.82, 2.24) is 10.2 Å². The molecular weight excluding hydrogens is 383 g/mol. The van der Waals surface area contributed by atoms with Gasteiger partial charge in [0.15, 0.2) is 0 Å². The predicted molar refractivity (Wildman–Crippen MR) is 109 cm³/mol. The molecule has 4 nitrogen and oxygen atoms in total. The fraction of sp³-hybridized carbons (Fsp3) is 0.150. The number of halogens is 1. The fourth-order valence-corrected chi connectivity index (χ4v) is 3.82. The van der Waals surface area contributed by atoms with Gasteiger partial charge in [0, 0.05) is 25.1 Å². The third-order valence-corrected chi connectivity index (χ3v) is 5.34. The Labute approximate surface area is 166 Å². The maximum absolute atomic E-state index is 13.8. The van der Waals surface area contributed by atoms with Gasteiger partial charge in [0.1, 0.15) is 10.1 Å². The number of amides is 2. The van der Waals surface area contributed by atoms with E-state index in [0.29, 0.717) is 21.3 Å². The molecule has 138 valence electrons. The van der Waals surface area contributed by atoms with E-state index in [9.17, 15) is 14.0 Å². The van der Waals surface area contributed by atoms with E-state index in [1.165, 1.54) is 17.0 Å². The SMILES string of the molecule is O=C(CCN1C(=O)/C(=C/c2ccccc2F)SC1=S)NCc1ccccc1. The minimum atomic E-state index is -0.400. The number of carbonyl (C=O) groups is 2. The first-order valence-corrected chi connectivity index (χ1v) is 9.57. The summed E-state index contributed by atoms with van der Waals surface area (Å²) in [5.41, 5.74) is 1.34. The first-order valence-electron chi connectivity index (χ1n) is 8.35. The average Bonchev–Trinajstić information content (AvgIpc) is 2.94. The van der Waals surface area contributed by atoms with Crippen LogP contribution in [-0.4, -0.2) is 27.6 Å². The van der Waals surface area contributed by atoms with Crippen LogP contribution < -0.4 is 5.32 Å². The van der Waals surface area contributed by atoms with E-state index in [0.717, 1.165) is 17.3 Å². The van der Waals surface area contributed by atoms with Gasteiger partial charge in [0.05, 0.1) is 4.91 Å². The highest BCUT2D eigenvalue weighted by Gasteiger charge is 2.32. The van der Waals surface area contributed by atoms with Gasteiger partial charge >= 0.3 is 0 Å². The molecule has 1 aliphatic heterocycles. The molecule has 1 N–H and O–H groups in total. The molecule has 2 aromatic rings. The highest BCUT2D eigenvalue weighted by molar-refractivity contribution is 8.26. The summed E-state index contributed by atoms with van der Waals surface area (Å²) in [5.74, 6) is -0.863. The zero-order chi connectivity index (χ0) is 19.2. The Morgan fingerprint density at radius 1 is 1.15 bits per heavy atom. The van der Waals surface area contributed by atoms with Gasteiger partial charge in [-0.15, -0.1) is 0 Å². The van der Waals surface area contributed by atoms with Crippen molar-refractivity contribution in [1.29, 1.82) is 0 Å². The summed E-state index contributed by atoms with van der Waals surface area (Å²) >= 11 is 6.36. The molecule has 0 aromatic heterocycles. The molecule has 3 rings (SSSR count). The lowest BCUT2D eigenvalue weighted by Gasteiger charge is -2.14. The Bertz CT molecular complexity index is 900. The lowest BCUT2D eigenvalue weighted by molar-refractivity contribution is -0.123. The maximum Gasteiger partial charge on any atom is 0.266 e. The first kappa shape index (κ1) is 19.3. The van der Waals surface area contributed by atoms with Crippen molar-refractivity contribution in [3.05, 3.63) is 76.4 Å². The number of rotatable bonds is 6. The van der Waals surface area contributed by atoms with Gasteiger partial charge in [-0.25, -0.2) is 4.39 Å². The predicted octanol–water partition coefficient (Wildman–Crippen LogP) is 3.73. The number of nitrogens with zero attached hydrogens (tertiary/aromatic N) is 1. The second-order valence-electron chi connectivity index (χ2n) is 5.87. The van der Waals surface area contributed by atoms with Gasteiger partial charge in [-0.1, -0.05) is 72.5 Å². The minimum Gasteiger partial charge on any atom is -0.352 e. The summed E-state index contributed by atoms with van der Waals surface area (Å²) in [6.45, 7) is 0.630. The van der Waals surface area contributed by atoms with Crippen LogP contribution in [0, 0.1) is 5.82 Å². The molecule has 0 unspecified atom stereocenters. The Morgan fingerprint density at radius 3 is 2.59 bits per heavy atom. The summed E-state index contributed by atoms with van der Waals surface area (Å²) in [6.07, 6.45) is 1.64. The third kappa shape index (κ3) is 5.02. The van der Waals surface area contributed by atoms with Crippen LogP contribution in [0.15, 0.2) is 59.5 Å². The molecule has 0 saturated carbocycles. The van der Waals surface area contributed by atoms with Crippen molar-refractivity contribution in [2.45, 2.75) is 13.0 Å². The van der Waals surface area contributed by atoms with Gasteiger partial charge in [0.2, 0.25) is 5.91 Å². The van der Waals surface area contributed by atoms with E-state index in [4.69, 9.17) is 12.2 Å². The largest absolute Gasteiger partial charge is 0.352 e. The van der Waals surface area contributed by atoms with E-state index >= 15 is 0 Å². The average molecular weight is 401 g/mol. The van der Waals surface area contributed by atoms with Crippen LogP contribution in [0.1, 0.15) is 17.5 Å². The molecule has 1 saturated heterocycles. The summed E-state index contributed by atoms with van der Waals surface area (Å²) < 4.78 is 14.2. The summed E-state index contributed by atoms with van der Waals surface area (Å²) in [6, 6.07) is 15.8. The molecular formula is C20H17FN2O2S2. The number of benzene rings is 2. The third-order valence-electron chi connectivity index (χ3n) is 3.96. The smallest absolute Gasteiger partial charge is 0.266 e. The zero-order valence-electron chi connectivity index (χ0n) is 14.4. The van der Waals surface area contributed by atoms with E-state index in [1.54, 1.807) is 18.2 Å². The minimum absolute atomic E-state index is 0.145. The van der Waals surface area contributed by atoms with Gasteiger partial charge in [0.25, 0.3) is 5.91 Å². The number of hydrogen-bond donors (Lipinski definition) is 1. The molecule has 2 amide bonds. The van der Waals surface area contributed by atoms with Crippen molar-refractivity contribution < 1.29 is 14.0 Å². The Hall–Kier alpha value is -2.51. The number of thiocarbonyl (C=S) groups is 1. The Balaban J connectivity index is 1.56. The molecule has 1 aliphatic rings. The van der Waals surface area contributed by atoms with Gasteiger partial charge in [-0.3, -0.25) is 14.5 Å². The maximum atomic E-state index is 13.8. The van der Waals surface area contributed by atoms with Crippen LogP contribution in [0.3, 0.4) is 0 Å².